The van der Waals surface area contributed by atoms with Gasteiger partial charge in [0.15, 0.2) is 11.5 Å². The fraction of sp³-hybridized carbons (Fsp3) is 0.533. The Morgan fingerprint density at radius 1 is 1.40 bits per heavy atom. The smallest absolute Gasteiger partial charge is 0.229 e. The van der Waals surface area contributed by atoms with Gasteiger partial charge in [0.2, 0.25) is 5.91 Å². The van der Waals surface area contributed by atoms with Crippen LogP contribution < -0.4 is 9.47 Å². The molecule has 1 amide bonds. The number of hydrogen-bond acceptors (Lipinski definition) is 4. The second kappa shape index (κ2) is 5.95. The van der Waals surface area contributed by atoms with Crippen molar-refractivity contribution >= 4 is 17.7 Å². The van der Waals surface area contributed by atoms with E-state index < -0.39 is 0 Å². The van der Waals surface area contributed by atoms with Crippen LogP contribution in [0.2, 0.25) is 0 Å². The van der Waals surface area contributed by atoms with Gasteiger partial charge in [0.05, 0.1) is 13.0 Å². The summed E-state index contributed by atoms with van der Waals surface area (Å²) in [7, 11) is 1.64. The van der Waals surface area contributed by atoms with E-state index in [9.17, 15) is 4.79 Å². The molecule has 5 heteroatoms. The molecule has 4 nitrogen and oxygen atoms in total. The predicted molar refractivity (Wildman–Crippen MR) is 79.6 cm³/mol. The van der Waals surface area contributed by atoms with Crippen molar-refractivity contribution < 1.29 is 14.3 Å². The molecule has 1 saturated heterocycles. The lowest BCUT2D eigenvalue weighted by Crippen LogP contribution is -2.44. The third-order valence-electron chi connectivity index (χ3n) is 3.85. The highest BCUT2D eigenvalue weighted by atomic mass is 32.2. The van der Waals surface area contributed by atoms with E-state index in [1.807, 2.05) is 34.9 Å². The number of hydrogen-bond donors (Lipinski definition) is 0. The molecular formula is C15H19NO3S. The van der Waals surface area contributed by atoms with Gasteiger partial charge in [0, 0.05) is 24.6 Å². The van der Waals surface area contributed by atoms with Crippen LogP contribution in [0.5, 0.6) is 11.5 Å². The van der Waals surface area contributed by atoms with Crippen LogP contribution in [0.25, 0.3) is 0 Å². The summed E-state index contributed by atoms with van der Waals surface area (Å²) in [6.07, 6.45) is 0.745. The van der Waals surface area contributed by atoms with Gasteiger partial charge < -0.3 is 14.4 Å². The molecule has 20 heavy (non-hydrogen) atoms. The molecule has 0 radical (unpaired) electrons. The zero-order valence-corrected chi connectivity index (χ0v) is 12.4. The summed E-state index contributed by atoms with van der Waals surface area (Å²) in [6, 6.07) is 5.86. The zero-order chi connectivity index (χ0) is 13.9. The van der Waals surface area contributed by atoms with Crippen molar-refractivity contribution in [1.29, 1.82) is 0 Å². The molecule has 1 fully saturated rings. The first-order valence-corrected chi connectivity index (χ1v) is 8.10. The number of ether oxygens (including phenoxy) is 2. The number of amides is 1. The summed E-state index contributed by atoms with van der Waals surface area (Å²) < 4.78 is 11.1. The average Bonchev–Trinajstić information content (AvgIpc) is 2.53. The number of thioether (sulfide) groups is 1. The van der Waals surface area contributed by atoms with E-state index in [1.54, 1.807) is 7.11 Å². The molecule has 1 unspecified atom stereocenters. The Morgan fingerprint density at radius 3 is 2.95 bits per heavy atom. The van der Waals surface area contributed by atoms with Crippen molar-refractivity contribution in [2.45, 2.75) is 6.42 Å². The number of para-hydroxylation sites is 1. The quantitative estimate of drug-likeness (QED) is 0.834. The molecule has 2 aliphatic rings. The Labute approximate surface area is 123 Å². The van der Waals surface area contributed by atoms with E-state index in [0.29, 0.717) is 6.61 Å². The van der Waals surface area contributed by atoms with Crippen LogP contribution in [0.1, 0.15) is 5.56 Å². The molecule has 1 atom stereocenters. The van der Waals surface area contributed by atoms with Crippen molar-refractivity contribution in [2.24, 2.45) is 5.92 Å². The Bertz CT molecular complexity index is 500. The normalized spacial score (nSPS) is 21.9. The van der Waals surface area contributed by atoms with Gasteiger partial charge in [-0.15, -0.1) is 0 Å². The van der Waals surface area contributed by atoms with Crippen molar-refractivity contribution in [3.63, 3.8) is 0 Å². The molecule has 0 aliphatic carbocycles. The van der Waals surface area contributed by atoms with E-state index >= 15 is 0 Å². The molecule has 0 aromatic heterocycles. The maximum atomic E-state index is 12.5. The number of carbonyl (C=O) groups is 1. The Morgan fingerprint density at radius 2 is 2.20 bits per heavy atom. The molecular weight excluding hydrogens is 274 g/mol. The van der Waals surface area contributed by atoms with Gasteiger partial charge in [-0.1, -0.05) is 12.1 Å². The van der Waals surface area contributed by atoms with Gasteiger partial charge in [-0.2, -0.15) is 11.8 Å². The number of carbonyl (C=O) groups excluding carboxylic acids is 1. The van der Waals surface area contributed by atoms with Crippen molar-refractivity contribution in [1.82, 2.24) is 4.90 Å². The highest BCUT2D eigenvalue weighted by molar-refractivity contribution is 7.99. The molecule has 2 aliphatic heterocycles. The molecule has 108 valence electrons. The van der Waals surface area contributed by atoms with E-state index in [4.69, 9.17) is 9.47 Å². The predicted octanol–water partition coefficient (Wildman–Crippen LogP) is 1.82. The standard InChI is InChI=1S/C15H19NO3S/c1-18-13-4-2-3-11-9-12(10-19-14(11)13)15(17)16-5-7-20-8-6-16/h2-4,12H,5-10H2,1H3. The molecule has 0 spiro atoms. The van der Waals surface area contributed by atoms with Gasteiger partial charge in [-0.3, -0.25) is 4.79 Å². The van der Waals surface area contributed by atoms with Crippen LogP contribution in [0.4, 0.5) is 0 Å². The summed E-state index contributed by atoms with van der Waals surface area (Å²) in [5, 5.41) is 0. The zero-order valence-electron chi connectivity index (χ0n) is 11.6. The van der Waals surface area contributed by atoms with Crippen molar-refractivity contribution in [2.75, 3.05) is 38.3 Å². The lowest BCUT2D eigenvalue weighted by Gasteiger charge is -2.32. The summed E-state index contributed by atoms with van der Waals surface area (Å²) in [6.45, 7) is 2.19. The lowest BCUT2D eigenvalue weighted by atomic mass is 9.95. The molecule has 0 bridgehead atoms. The largest absolute Gasteiger partial charge is 0.493 e. The van der Waals surface area contributed by atoms with Crippen LogP contribution in [0.15, 0.2) is 18.2 Å². The Hall–Kier alpha value is -1.36. The first kappa shape index (κ1) is 13.6. The third-order valence-corrected chi connectivity index (χ3v) is 4.79. The first-order chi connectivity index (χ1) is 9.79. The van der Waals surface area contributed by atoms with Crippen molar-refractivity contribution in [3.05, 3.63) is 23.8 Å². The van der Waals surface area contributed by atoms with E-state index in [0.717, 1.165) is 48.1 Å². The minimum atomic E-state index is -0.0577. The molecule has 1 aromatic carbocycles. The van der Waals surface area contributed by atoms with Crippen LogP contribution in [-0.4, -0.2) is 49.1 Å². The van der Waals surface area contributed by atoms with E-state index in [2.05, 4.69) is 0 Å². The number of nitrogens with zero attached hydrogens (tertiary/aromatic N) is 1. The van der Waals surface area contributed by atoms with Gasteiger partial charge in [0.25, 0.3) is 0 Å². The minimum Gasteiger partial charge on any atom is -0.493 e. The van der Waals surface area contributed by atoms with Gasteiger partial charge >= 0.3 is 0 Å². The highest BCUT2D eigenvalue weighted by Gasteiger charge is 2.31. The number of methoxy groups -OCH3 is 1. The van der Waals surface area contributed by atoms with Crippen LogP contribution in [-0.2, 0) is 11.2 Å². The topological polar surface area (TPSA) is 38.8 Å². The number of fused-ring (bicyclic) bond motifs is 1. The van der Waals surface area contributed by atoms with Gasteiger partial charge in [-0.25, -0.2) is 0 Å². The monoisotopic (exact) mass is 293 g/mol. The summed E-state index contributed by atoms with van der Waals surface area (Å²) in [4.78, 5) is 14.5. The van der Waals surface area contributed by atoms with E-state index in [-0.39, 0.29) is 11.8 Å². The summed E-state index contributed by atoms with van der Waals surface area (Å²) in [5.41, 5.74) is 1.07. The number of benzene rings is 1. The fourth-order valence-corrected chi connectivity index (χ4v) is 3.66. The molecule has 1 aromatic rings. The molecule has 3 rings (SSSR count). The molecule has 0 saturated carbocycles. The Balaban J connectivity index is 1.73. The SMILES string of the molecule is COc1cccc2c1OCC(C(=O)N1CCSCC1)C2. The first-order valence-electron chi connectivity index (χ1n) is 6.95. The number of rotatable bonds is 2. The maximum Gasteiger partial charge on any atom is 0.229 e. The van der Waals surface area contributed by atoms with Crippen molar-refractivity contribution in [3.8, 4) is 11.5 Å². The van der Waals surface area contributed by atoms with Crippen LogP contribution in [0, 0.1) is 5.92 Å². The molecule has 2 heterocycles. The summed E-state index contributed by atoms with van der Waals surface area (Å²) in [5.74, 6) is 3.82. The summed E-state index contributed by atoms with van der Waals surface area (Å²) >= 11 is 1.91. The Kier molecular flexibility index (Phi) is 4.05. The lowest BCUT2D eigenvalue weighted by molar-refractivity contribution is -0.136. The molecule has 0 N–H and O–H groups in total. The average molecular weight is 293 g/mol. The maximum absolute atomic E-state index is 12.5. The van der Waals surface area contributed by atoms with Gasteiger partial charge in [0.1, 0.15) is 6.61 Å². The van der Waals surface area contributed by atoms with E-state index in [1.165, 1.54) is 0 Å². The minimum absolute atomic E-state index is 0.0577. The third kappa shape index (κ3) is 2.59. The second-order valence-corrected chi connectivity index (χ2v) is 6.32. The van der Waals surface area contributed by atoms with Gasteiger partial charge in [-0.05, 0) is 18.1 Å². The highest BCUT2D eigenvalue weighted by Crippen LogP contribution is 2.36. The van der Waals surface area contributed by atoms with Crippen LogP contribution in [0.3, 0.4) is 0 Å². The second-order valence-electron chi connectivity index (χ2n) is 5.10. The van der Waals surface area contributed by atoms with Crippen LogP contribution >= 0.6 is 11.8 Å². The fourth-order valence-electron chi connectivity index (χ4n) is 2.76.